The zero-order valence-corrected chi connectivity index (χ0v) is 17.3. The Hall–Kier alpha value is -2.27. The second-order valence-electron chi connectivity index (χ2n) is 7.25. The summed E-state index contributed by atoms with van der Waals surface area (Å²) in [5, 5.41) is 10.6. The van der Waals surface area contributed by atoms with Crippen LogP contribution in [0.2, 0.25) is 0 Å². The summed E-state index contributed by atoms with van der Waals surface area (Å²) in [6, 6.07) is 12.4. The fraction of sp³-hybridized carbons (Fsp3) is 0.391. The summed E-state index contributed by atoms with van der Waals surface area (Å²) in [6.45, 7) is 2.16. The number of aliphatic hydroxyl groups is 1. The Bertz CT molecular complexity index is 946. The average Bonchev–Trinajstić information content (AvgIpc) is 3.03. The number of hydrogen-bond donors (Lipinski definition) is 1. The van der Waals surface area contributed by atoms with Crippen LogP contribution >= 0.6 is 0 Å². The molecule has 0 amide bonds. The maximum Gasteiger partial charge on any atom is 0.178 e. The van der Waals surface area contributed by atoms with Crippen LogP contribution in [0.3, 0.4) is 0 Å². The number of allylic oxidation sites excluding steroid dienone is 1. The lowest BCUT2D eigenvalue weighted by molar-refractivity contribution is 0.407. The third-order valence-electron chi connectivity index (χ3n) is 5.37. The van der Waals surface area contributed by atoms with Crippen LogP contribution in [0.15, 0.2) is 53.4 Å². The van der Waals surface area contributed by atoms with Gasteiger partial charge in [0.05, 0.1) is 17.8 Å². The van der Waals surface area contributed by atoms with Crippen LogP contribution in [-0.2, 0) is 16.3 Å². The molecule has 0 aromatic heterocycles. The molecule has 0 aliphatic heterocycles. The maximum atomic E-state index is 12.6. The minimum Gasteiger partial charge on any atom is -0.508 e. The van der Waals surface area contributed by atoms with E-state index >= 15 is 0 Å². The van der Waals surface area contributed by atoms with Crippen molar-refractivity contribution in [1.82, 2.24) is 0 Å². The molecule has 0 heterocycles. The van der Waals surface area contributed by atoms with Crippen molar-refractivity contribution < 1.29 is 18.3 Å². The molecule has 1 N–H and O–H groups in total. The van der Waals surface area contributed by atoms with E-state index in [1.807, 2.05) is 12.1 Å². The predicted octanol–water partition coefficient (Wildman–Crippen LogP) is 5.29. The van der Waals surface area contributed by atoms with Crippen LogP contribution in [0, 0.1) is 0 Å². The van der Waals surface area contributed by atoms with Gasteiger partial charge in [-0.2, -0.15) is 0 Å². The fourth-order valence-corrected chi connectivity index (χ4v) is 5.25. The number of aliphatic hydroxyl groups excluding tert-OH is 1. The molecular formula is C23H28O4S. The van der Waals surface area contributed by atoms with Crippen molar-refractivity contribution in [3.05, 3.63) is 65.2 Å². The molecule has 3 rings (SSSR count). The first-order valence-electron chi connectivity index (χ1n) is 9.86. The summed E-state index contributed by atoms with van der Waals surface area (Å²) in [7, 11) is -1.70. The van der Waals surface area contributed by atoms with Gasteiger partial charge < -0.3 is 9.84 Å². The topological polar surface area (TPSA) is 63.6 Å². The van der Waals surface area contributed by atoms with E-state index in [1.165, 1.54) is 0 Å². The van der Waals surface area contributed by atoms with Crippen LogP contribution in [0.4, 0.5) is 0 Å². The second kappa shape index (κ2) is 8.82. The third-order valence-corrected chi connectivity index (χ3v) is 7.13. The summed E-state index contributed by atoms with van der Waals surface area (Å²) in [4.78, 5) is 0.344. The first-order chi connectivity index (χ1) is 13.5. The Kier molecular flexibility index (Phi) is 6.45. The molecule has 2 aromatic rings. The highest BCUT2D eigenvalue weighted by Crippen LogP contribution is 2.42. The average molecular weight is 401 g/mol. The number of fused-ring (bicyclic) bond motifs is 1. The Labute approximate surface area is 167 Å². The highest BCUT2D eigenvalue weighted by Gasteiger charge is 2.29. The zero-order chi connectivity index (χ0) is 20.1. The third kappa shape index (κ3) is 4.25. The Morgan fingerprint density at radius 1 is 1.07 bits per heavy atom. The molecule has 0 fully saturated rings. The summed E-state index contributed by atoms with van der Waals surface area (Å²) in [5.74, 6) is 0.960. The van der Waals surface area contributed by atoms with E-state index in [-0.39, 0.29) is 17.4 Å². The molecule has 0 saturated carbocycles. The lowest BCUT2D eigenvalue weighted by Crippen LogP contribution is -2.10. The summed E-state index contributed by atoms with van der Waals surface area (Å²) >= 11 is 0. The van der Waals surface area contributed by atoms with Gasteiger partial charge in [0.2, 0.25) is 0 Å². The normalized spacial score (nSPS) is 15.9. The monoisotopic (exact) mass is 400 g/mol. The number of benzene rings is 2. The SMILES string of the molecule is CCCCCc1c(OC)ccc2c1C(O)=CC2CCS(=O)(=O)c1ccccc1. The molecule has 1 atom stereocenters. The van der Waals surface area contributed by atoms with E-state index in [0.29, 0.717) is 11.3 Å². The molecule has 1 unspecified atom stereocenters. The highest BCUT2D eigenvalue weighted by molar-refractivity contribution is 7.91. The molecule has 5 heteroatoms. The Morgan fingerprint density at radius 3 is 2.50 bits per heavy atom. The van der Waals surface area contributed by atoms with Gasteiger partial charge in [-0.05, 0) is 49.1 Å². The smallest absolute Gasteiger partial charge is 0.178 e. The van der Waals surface area contributed by atoms with Crippen molar-refractivity contribution in [3.8, 4) is 5.75 Å². The molecule has 0 spiro atoms. The van der Waals surface area contributed by atoms with Crippen LogP contribution in [0.25, 0.3) is 5.76 Å². The van der Waals surface area contributed by atoms with Crippen molar-refractivity contribution in [1.29, 1.82) is 0 Å². The number of ether oxygens (including phenoxy) is 1. The molecule has 0 bridgehead atoms. The van der Waals surface area contributed by atoms with E-state index in [4.69, 9.17) is 4.74 Å². The van der Waals surface area contributed by atoms with Crippen molar-refractivity contribution in [2.45, 2.75) is 49.8 Å². The molecule has 0 radical (unpaired) electrons. The summed E-state index contributed by atoms with van der Waals surface area (Å²) in [6.07, 6.45) is 6.34. The van der Waals surface area contributed by atoms with Gasteiger partial charge in [-0.15, -0.1) is 0 Å². The maximum absolute atomic E-state index is 12.6. The number of methoxy groups -OCH3 is 1. The van der Waals surface area contributed by atoms with Crippen LogP contribution in [0.5, 0.6) is 5.75 Å². The lowest BCUT2D eigenvalue weighted by atomic mass is 9.92. The number of sulfone groups is 1. The van der Waals surface area contributed by atoms with Crippen molar-refractivity contribution >= 4 is 15.6 Å². The summed E-state index contributed by atoms with van der Waals surface area (Å²) in [5.41, 5.74) is 2.85. The van der Waals surface area contributed by atoms with Gasteiger partial charge in [0.25, 0.3) is 0 Å². The Balaban J connectivity index is 1.83. The van der Waals surface area contributed by atoms with Gasteiger partial charge >= 0.3 is 0 Å². The minimum atomic E-state index is -3.34. The number of unbranched alkanes of at least 4 members (excludes halogenated alkanes) is 2. The van der Waals surface area contributed by atoms with Crippen LogP contribution in [0.1, 0.15) is 55.2 Å². The quantitative estimate of drug-likeness (QED) is 0.581. The molecule has 0 saturated heterocycles. The molecule has 4 nitrogen and oxygen atoms in total. The van der Waals surface area contributed by atoms with E-state index < -0.39 is 9.84 Å². The van der Waals surface area contributed by atoms with Crippen molar-refractivity contribution in [2.75, 3.05) is 12.9 Å². The molecule has 1 aliphatic carbocycles. The molecule has 1 aliphatic rings. The van der Waals surface area contributed by atoms with Gasteiger partial charge in [-0.25, -0.2) is 8.42 Å². The van der Waals surface area contributed by atoms with E-state index in [0.717, 1.165) is 48.1 Å². The second-order valence-corrected chi connectivity index (χ2v) is 9.36. The van der Waals surface area contributed by atoms with Gasteiger partial charge in [0.1, 0.15) is 11.5 Å². The highest BCUT2D eigenvalue weighted by atomic mass is 32.2. The Morgan fingerprint density at radius 2 is 1.82 bits per heavy atom. The zero-order valence-electron chi connectivity index (χ0n) is 16.5. The summed E-state index contributed by atoms with van der Waals surface area (Å²) < 4.78 is 30.8. The molecule has 150 valence electrons. The standard InChI is InChI=1S/C23H28O4S/c1-3-4-6-11-20-22(27-2)13-12-19-17(16-21(24)23(19)20)14-15-28(25,26)18-9-7-5-8-10-18/h5,7-10,12-13,16-17,24H,3-4,6,11,14-15H2,1-2H3. The van der Waals surface area contributed by atoms with Crippen molar-refractivity contribution in [3.63, 3.8) is 0 Å². The first-order valence-corrected chi connectivity index (χ1v) is 11.5. The van der Waals surface area contributed by atoms with E-state index in [2.05, 4.69) is 6.92 Å². The first kappa shape index (κ1) is 20.5. The predicted molar refractivity (Wildman–Crippen MR) is 113 cm³/mol. The lowest BCUT2D eigenvalue weighted by Gasteiger charge is -2.16. The van der Waals surface area contributed by atoms with Gasteiger partial charge in [-0.1, -0.05) is 44.0 Å². The van der Waals surface area contributed by atoms with Gasteiger partial charge in [0.15, 0.2) is 9.84 Å². The van der Waals surface area contributed by atoms with E-state index in [9.17, 15) is 13.5 Å². The number of rotatable bonds is 9. The molecule has 28 heavy (non-hydrogen) atoms. The molecular weight excluding hydrogens is 372 g/mol. The molecule has 2 aromatic carbocycles. The van der Waals surface area contributed by atoms with Gasteiger partial charge in [-0.3, -0.25) is 0 Å². The fourth-order valence-electron chi connectivity index (χ4n) is 3.88. The minimum absolute atomic E-state index is 0.0437. The van der Waals surface area contributed by atoms with Gasteiger partial charge in [0, 0.05) is 17.0 Å². The van der Waals surface area contributed by atoms with Crippen LogP contribution in [-0.4, -0.2) is 26.4 Å². The number of hydrogen-bond acceptors (Lipinski definition) is 4. The van der Waals surface area contributed by atoms with Crippen molar-refractivity contribution in [2.24, 2.45) is 0 Å². The van der Waals surface area contributed by atoms with E-state index in [1.54, 1.807) is 43.5 Å². The largest absolute Gasteiger partial charge is 0.508 e. The van der Waals surface area contributed by atoms with Crippen LogP contribution < -0.4 is 4.74 Å².